The quantitative estimate of drug-likeness (QED) is 0.689. The zero-order chi connectivity index (χ0) is 10.1. The minimum Gasteiger partial charge on any atom is -0.398 e. The molecule has 0 unspecified atom stereocenters. The molecule has 0 aliphatic rings. The molecule has 1 nitrogen and oxygen atoms in total. The number of nitrogen functional groups attached to an aromatic ring is 1. The van der Waals surface area contributed by atoms with Crippen LogP contribution in [0.2, 0.25) is 0 Å². The summed E-state index contributed by atoms with van der Waals surface area (Å²) in [5.74, 6) is 0. The first-order chi connectivity index (χ1) is 5.97. The summed E-state index contributed by atoms with van der Waals surface area (Å²) >= 11 is 0. The second kappa shape index (κ2) is 3.41. The third-order valence-corrected chi connectivity index (χ3v) is 2.82. The minimum absolute atomic E-state index is 0.191. The SMILES string of the molecule is CCC(C)(C)c1cc(C)ccc1N. The molecule has 0 amide bonds. The van der Waals surface area contributed by atoms with Gasteiger partial charge in [-0.25, -0.2) is 0 Å². The van der Waals surface area contributed by atoms with Crippen LogP contribution in [-0.2, 0) is 5.41 Å². The third kappa shape index (κ3) is 2.03. The molecule has 0 spiro atoms. The Labute approximate surface area is 81.0 Å². The predicted molar refractivity (Wildman–Crippen MR) is 58.9 cm³/mol. The molecule has 0 saturated carbocycles. The van der Waals surface area contributed by atoms with Gasteiger partial charge in [0.05, 0.1) is 0 Å². The van der Waals surface area contributed by atoms with Crippen LogP contribution in [0.3, 0.4) is 0 Å². The Kier molecular flexibility index (Phi) is 2.65. The molecule has 1 heteroatoms. The van der Waals surface area contributed by atoms with Crippen molar-refractivity contribution < 1.29 is 0 Å². The van der Waals surface area contributed by atoms with Crippen LogP contribution >= 0.6 is 0 Å². The van der Waals surface area contributed by atoms with Crippen LogP contribution in [0.5, 0.6) is 0 Å². The Hall–Kier alpha value is -0.980. The molecule has 0 atom stereocenters. The van der Waals surface area contributed by atoms with Crippen molar-refractivity contribution in [2.24, 2.45) is 0 Å². The molecule has 0 radical (unpaired) electrons. The average Bonchev–Trinajstić information content (AvgIpc) is 2.09. The predicted octanol–water partition coefficient (Wildman–Crippen LogP) is 3.26. The van der Waals surface area contributed by atoms with Crippen LogP contribution in [0.15, 0.2) is 18.2 Å². The molecule has 13 heavy (non-hydrogen) atoms. The average molecular weight is 177 g/mol. The summed E-state index contributed by atoms with van der Waals surface area (Å²) in [6, 6.07) is 6.26. The summed E-state index contributed by atoms with van der Waals surface area (Å²) in [5, 5.41) is 0. The van der Waals surface area contributed by atoms with Crippen LogP contribution in [0.4, 0.5) is 5.69 Å². The number of hydrogen-bond donors (Lipinski definition) is 1. The Bertz CT molecular complexity index is 300. The first-order valence-corrected chi connectivity index (χ1v) is 4.84. The molecule has 72 valence electrons. The Morgan fingerprint density at radius 3 is 2.46 bits per heavy atom. The third-order valence-electron chi connectivity index (χ3n) is 2.82. The summed E-state index contributed by atoms with van der Waals surface area (Å²) in [6.07, 6.45) is 1.11. The molecule has 1 aromatic rings. The van der Waals surface area contributed by atoms with E-state index in [9.17, 15) is 0 Å². The lowest BCUT2D eigenvalue weighted by atomic mass is 9.81. The number of rotatable bonds is 2. The fraction of sp³-hybridized carbons (Fsp3) is 0.500. The molecule has 1 rings (SSSR count). The Morgan fingerprint density at radius 1 is 1.31 bits per heavy atom. The highest BCUT2D eigenvalue weighted by Gasteiger charge is 2.20. The van der Waals surface area contributed by atoms with Crippen molar-refractivity contribution in [3.63, 3.8) is 0 Å². The highest BCUT2D eigenvalue weighted by atomic mass is 14.6. The fourth-order valence-corrected chi connectivity index (χ4v) is 1.45. The highest BCUT2D eigenvalue weighted by molar-refractivity contribution is 5.51. The first kappa shape index (κ1) is 10.1. The first-order valence-electron chi connectivity index (χ1n) is 4.84. The summed E-state index contributed by atoms with van der Waals surface area (Å²) in [5.41, 5.74) is 9.61. The van der Waals surface area contributed by atoms with Gasteiger partial charge in [0, 0.05) is 5.69 Å². The monoisotopic (exact) mass is 177 g/mol. The van der Waals surface area contributed by atoms with Crippen LogP contribution in [0.1, 0.15) is 38.3 Å². The van der Waals surface area contributed by atoms with E-state index in [-0.39, 0.29) is 5.41 Å². The van der Waals surface area contributed by atoms with Crippen molar-refractivity contribution in [1.82, 2.24) is 0 Å². The van der Waals surface area contributed by atoms with E-state index in [4.69, 9.17) is 5.73 Å². The van der Waals surface area contributed by atoms with Crippen LogP contribution in [-0.4, -0.2) is 0 Å². The van der Waals surface area contributed by atoms with Gasteiger partial charge in [0.25, 0.3) is 0 Å². The smallest absolute Gasteiger partial charge is 0.0352 e. The fourth-order valence-electron chi connectivity index (χ4n) is 1.45. The summed E-state index contributed by atoms with van der Waals surface area (Å²) in [7, 11) is 0. The van der Waals surface area contributed by atoms with E-state index >= 15 is 0 Å². The summed E-state index contributed by atoms with van der Waals surface area (Å²) in [4.78, 5) is 0. The van der Waals surface area contributed by atoms with Gasteiger partial charge in [-0.1, -0.05) is 38.5 Å². The lowest BCUT2D eigenvalue weighted by Gasteiger charge is -2.25. The van der Waals surface area contributed by atoms with Gasteiger partial charge in [0.15, 0.2) is 0 Å². The van der Waals surface area contributed by atoms with E-state index in [1.54, 1.807) is 0 Å². The zero-order valence-electron chi connectivity index (χ0n) is 9.02. The molecule has 2 N–H and O–H groups in total. The number of nitrogens with two attached hydrogens (primary N) is 1. The van der Waals surface area contributed by atoms with Gasteiger partial charge in [-0.2, -0.15) is 0 Å². The van der Waals surface area contributed by atoms with E-state index < -0.39 is 0 Å². The maximum absolute atomic E-state index is 5.95. The van der Waals surface area contributed by atoms with E-state index in [1.165, 1.54) is 11.1 Å². The normalized spacial score (nSPS) is 11.7. The Balaban J connectivity index is 3.20. The van der Waals surface area contributed by atoms with Crippen molar-refractivity contribution in [2.75, 3.05) is 5.73 Å². The molecule has 0 fully saturated rings. The summed E-state index contributed by atoms with van der Waals surface area (Å²) in [6.45, 7) is 8.77. The van der Waals surface area contributed by atoms with Gasteiger partial charge in [-0.05, 0) is 30.4 Å². The van der Waals surface area contributed by atoms with Gasteiger partial charge >= 0.3 is 0 Å². The Morgan fingerprint density at radius 2 is 1.92 bits per heavy atom. The van der Waals surface area contributed by atoms with Gasteiger partial charge in [0.2, 0.25) is 0 Å². The molecular formula is C12H19N. The van der Waals surface area contributed by atoms with E-state index in [0.29, 0.717) is 0 Å². The second-order valence-corrected chi connectivity index (χ2v) is 4.33. The van der Waals surface area contributed by atoms with E-state index in [0.717, 1.165) is 12.1 Å². The van der Waals surface area contributed by atoms with Gasteiger partial charge in [-0.3, -0.25) is 0 Å². The van der Waals surface area contributed by atoms with E-state index in [1.807, 2.05) is 6.07 Å². The van der Waals surface area contributed by atoms with Crippen molar-refractivity contribution in [1.29, 1.82) is 0 Å². The molecule has 0 aliphatic heterocycles. The standard InChI is InChI=1S/C12H19N/c1-5-12(3,4)10-8-9(2)6-7-11(10)13/h6-8H,5,13H2,1-4H3. The molecule has 0 aromatic heterocycles. The van der Waals surface area contributed by atoms with E-state index in [2.05, 4.69) is 39.8 Å². The van der Waals surface area contributed by atoms with Crippen LogP contribution in [0, 0.1) is 6.92 Å². The van der Waals surface area contributed by atoms with Crippen molar-refractivity contribution >= 4 is 5.69 Å². The maximum atomic E-state index is 5.95. The van der Waals surface area contributed by atoms with Gasteiger partial charge < -0.3 is 5.73 Å². The molecule has 0 saturated heterocycles. The van der Waals surface area contributed by atoms with Crippen molar-refractivity contribution in [2.45, 2.75) is 39.5 Å². The number of hydrogen-bond acceptors (Lipinski definition) is 1. The van der Waals surface area contributed by atoms with Crippen LogP contribution < -0.4 is 5.73 Å². The zero-order valence-corrected chi connectivity index (χ0v) is 9.02. The van der Waals surface area contributed by atoms with Crippen LogP contribution in [0.25, 0.3) is 0 Å². The number of aryl methyl sites for hydroxylation is 1. The largest absolute Gasteiger partial charge is 0.398 e. The lowest BCUT2D eigenvalue weighted by Crippen LogP contribution is -2.17. The number of anilines is 1. The topological polar surface area (TPSA) is 26.0 Å². The minimum atomic E-state index is 0.191. The molecular weight excluding hydrogens is 158 g/mol. The molecule has 0 heterocycles. The van der Waals surface area contributed by atoms with Crippen molar-refractivity contribution in [3.05, 3.63) is 29.3 Å². The van der Waals surface area contributed by atoms with Gasteiger partial charge in [0.1, 0.15) is 0 Å². The maximum Gasteiger partial charge on any atom is 0.0352 e. The molecule has 0 bridgehead atoms. The lowest BCUT2D eigenvalue weighted by molar-refractivity contribution is 0.508. The summed E-state index contributed by atoms with van der Waals surface area (Å²) < 4.78 is 0. The molecule has 1 aromatic carbocycles. The molecule has 0 aliphatic carbocycles. The van der Waals surface area contributed by atoms with Gasteiger partial charge in [-0.15, -0.1) is 0 Å². The number of benzene rings is 1. The highest BCUT2D eigenvalue weighted by Crippen LogP contribution is 2.31. The second-order valence-electron chi connectivity index (χ2n) is 4.33. The van der Waals surface area contributed by atoms with Crippen molar-refractivity contribution in [3.8, 4) is 0 Å².